The van der Waals surface area contributed by atoms with Crippen molar-refractivity contribution in [3.63, 3.8) is 0 Å². The van der Waals surface area contributed by atoms with Crippen LogP contribution in [0.1, 0.15) is 103 Å². The molecule has 0 bridgehead atoms. The van der Waals surface area contributed by atoms with E-state index in [1.165, 1.54) is 107 Å². The lowest BCUT2D eigenvalue weighted by Gasteiger charge is -2.38. The molecular formula is C38H52N2S. The minimum absolute atomic E-state index is 0.704. The zero-order valence-corrected chi connectivity index (χ0v) is 27.4. The number of hydrogen-bond acceptors (Lipinski definition) is 3. The van der Waals surface area contributed by atoms with Crippen LogP contribution < -0.4 is 21.1 Å². The van der Waals surface area contributed by atoms with Crippen molar-refractivity contribution in [2.24, 2.45) is 5.73 Å². The number of nitrogens with two attached hydrogens (primary N) is 1. The zero-order valence-electron chi connectivity index (χ0n) is 26.6. The average molecular weight is 569 g/mol. The summed E-state index contributed by atoms with van der Waals surface area (Å²) in [5.74, 6) is 0. The van der Waals surface area contributed by atoms with Crippen LogP contribution in [-0.2, 0) is 25.7 Å². The lowest BCUT2D eigenvalue weighted by molar-refractivity contribution is 0.632. The van der Waals surface area contributed by atoms with Crippen LogP contribution in [0.25, 0.3) is 12.2 Å². The first kappa shape index (κ1) is 31.4. The molecule has 3 aromatic rings. The van der Waals surface area contributed by atoms with Gasteiger partial charge in [-0.25, -0.2) is 0 Å². The van der Waals surface area contributed by atoms with Gasteiger partial charge in [0, 0.05) is 23.7 Å². The molecule has 0 radical (unpaired) electrons. The third kappa shape index (κ3) is 6.32. The number of hydrogen-bond donors (Lipinski definition) is 2. The van der Waals surface area contributed by atoms with Crippen LogP contribution in [-0.4, -0.2) is 19.6 Å². The van der Waals surface area contributed by atoms with Gasteiger partial charge in [0.2, 0.25) is 0 Å². The monoisotopic (exact) mass is 568 g/mol. The smallest absolute Gasteiger partial charge is 0.0434 e. The Bertz CT molecular complexity index is 1500. The third-order valence-electron chi connectivity index (χ3n) is 9.19. The summed E-state index contributed by atoms with van der Waals surface area (Å²) in [6.07, 6.45) is 10.3. The maximum Gasteiger partial charge on any atom is 0.0434 e. The molecule has 2 nitrogen and oxygen atoms in total. The molecule has 41 heavy (non-hydrogen) atoms. The molecule has 2 N–H and O–H groups in total. The second kappa shape index (κ2) is 14.1. The molecule has 3 heteroatoms. The van der Waals surface area contributed by atoms with Crippen molar-refractivity contribution in [3.05, 3.63) is 90.8 Å². The molecule has 5 rings (SSSR count). The second-order valence-electron chi connectivity index (χ2n) is 11.8. The van der Waals surface area contributed by atoms with Crippen molar-refractivity contribution in [1.29, 1.82) is 0 Å². The van der Waals surface area contributed by atoms with Crippen molar-refractivity contribution in [2.45, 2.75) is 104 Å². The first-order chi connectivity index (χ1) is 19.8. The van der Waals surface area contributed by atoms with Crippen LogP contribution in [0.2, 0.25) is 0 Å². The maximum atomic E-state index is 5.99. The Morgan fingerprint density at radius 3 is 2.34 bits per heavy atom. The SMILES string of the molecule is C=c1c(CCCN)c/c(=C(\c2ccc(S)cc2C)c2cc3c4c(c2C)CCCN4CCC3)c(C)c1CCCC.CC. The lowest BCUT2D eigenvalue weighted by atomic mass is 9.80. The summed E-state index contributed by atoms with van der Waals surface area (Å²) in [5, 5.41) is 2.60. The van der Waals surface area contributed by atoms with Gasteiger partial charge in [0.1, 0.15) is 0 Å². The Hall–Kier alpha value is -2.49. The average Bonchev–Trinajstić information content (AvgIpc) is 2.98. The standard InChI is InChI=1S/C36H46N2S.C2H6/c1-6-7-13-31-24(3)27(11-8-17-37)21-33(25(31)4)35(30-16-15-29(39)20-23(30)2)34-22-28-12-9-18-38-19-10-14-32(26(34)5)36(28)38;1-2/h15-16,20-22,39H,3,6-14,17-19,37H2,1-2,4-5H3;1-2H3/b35-33-;. The molecule has 0 aromatic heterocycles. The number of aryl methyl sites for hydroxylation is 3. The molecule has 2 aliphatic heterocycles. The Morgan fingerprint density at radius 1 is 0.927 bits per heavy atom. The van der Waals surface area contributed by atoms with Gasteiger partial charge < -0.3 is 10.6 Å². The molecule has 220 valence electrons. The molecule has 0 amide bonds. The molecule has 3 aromatic carbocycles. The Kier molecular flexibility index (Phi) is 10.8. The molecule has 0 unspecified atom stereocenters. The summed E-state index contributed by atoms with van der Waals surface area (Å²) in [6.45, 7) is 21.0. The predicted molar refractivity (Wildman–Crippen MR) is 183 cm³/mol. The largest absolute Gasteiger partial charge is 0.371 e. The Balaban J connectivity index is 0.00000189. The summed E-state index contributed by atoms with van der Waals surface area (Å²) in [4.78, 5) is 3.67. The zero-order chi connectivity index (χ0) is 29.7. The summed E-state index contributed by atoms with van der Waals surface area (Å²) in [5.41, 5.74) is 21.7. The molecule has 0 atom stereocenters. The fraction of sp³-hybridized carbons (Fsp3) is 0.474. The number of thiol groups is 1. The summed E-state index contributed by atoms with van der Waals surface area (Å²) in [7, 11) is 0. The van der Waals surface area contributed by atoms with E-state index in [0.717, 1.165) is 24.2 Å². The maximum absolute atomic E-state index is 5.99. The van der Waals surface area contributed by atoms with E-state index in [9.17, 15) is 0 Å². The molecule has 2 heterocycles. The normalized spacial score (nSPS) is 14.8. The lowest BCUT2D eigenvalue weighted by Crippen LogP contribution is -2.35. The van der Waals surface area contributed by atoms with E-state index in [-0.39, 0.29) is 0 Å². The third-order valence-corrected chi connectivity index (χ3v) is 9.46. The van der Waals surface area contributed by atoms with Crippen LogP contribution in [0, 0.1) is 20.8 Å². The van der Waals surface area contributed by atoms with Crippen LogP contribution in [0.4, 0.5) is 5.69 Å². The van der Waals surface area contributed by atoms with Gasteiger partial charge in [-0.05, 0) is 163 Å². The van der Waals surface area contributed by atoms with Crippen LogP contribution in [0.3, 0.4) is 0 Å². The molecule has 0 fully saturated rings. The van der Waals surface area contributed by atoms with Crippen LogP contribution in [0.15, 0.2) is 35.2 Å². The molecule has 2 aliphatic rings. The van der Waals surface area contributed by atoms with Crippen molar-refractivity contribution in [3.8, 4) is 0 Å². The van der Waals surface area contributed by atoms with E-state index in [1.54, 1.807) is 16.8 Å². The van der Waals surface area contributed by atoms with Gasteiger partial charge >= 0.3 is 0 Å². The molecule has 0 saturated carbocycles. The number of rotatable bonds is 8. The van der Waals surface area contributed by atoms with Crippen LogP contribution >= 0.6 is 12.6 Å². The van der Waals surface area contributed by atoms with Crippen molar-refractivity contribution in [2.75, 3.05) is 24.5 Å². The van der Waals surface area contributed by atoms with Crippen molar-refractivity contribution in [1.82, 2.24) is 0 Å². The van der Waals surface area contributed by atoms with E-state index >= 15 is 0 Å². The van der Waals surface area contributed by atoms with Crippen LogP contribution in [0.5, 0.6) is 0 Å². The van der Waals surface area contributed by atoms with Gasteiger partial charge in [-0.15, -0.1) is 12.6 Å². The molecular weight excluding hydrogens is 516 g/mol. The Morgan fingerprint density at radius 2 is 1.66 bits per heavy atom. The van der Waals surface area contributed by atoms with E-state index in [1.807, 2.05) is 13.8 Å². The molecule has 0 spiro atoms. The Labute approximate surface area is 255 Å². The first-order valence-corrected chi connectivity index (χ1v) is 16.6. The highest BCUT2D eigenvalue weighted by Crippen LogP contribution is 2.41. The molecule has 0 aliphatic carbocycles. The summed E-state index contributed by atoms with van der Waals surface area (Å²) >= 11 is 4.69. The highest BCUT2D eigenvalue weighted by Gasteiger charge is 2.28. The quantitative estimate of drug-likeness (QED) is 0.275. The number of anilines is 1. The highest BCUT2D eigenvalue weighted by atomic mass is 32.1. The van der Waals surface area contributed by atoms with Gasteiger partial charge in [0.05, 0.1) is 0 Å². The van der Waals surface area contributed by atoms with Gasteiger partial charge in [0.15, 0.2) is 0 Å². The summed E-state index contributed by atoms with van der Waals surface area (Å²) in [6, 6.07) is 11.7. The van der Waals surface area contributed by atoms with Gasteiger partial charge in [-0.2, -0.15) is 0 Å². The molecule has 0 saturated heterocycles. The number of unbranched alkanes of at least 4 members (excludes halogenated alkanes) is 1. The van der Waals surface area contributed by atoms with E-state index in [2.05, 4.69) is 82.1 Å². The highest BCUT2D eigenvalue weighted by molar-refractivity contribution is 7.80. The van der Waals surface area contributed by atoms with E-state index in [4.69, 9.17) is 5.73 Å². The fourth-order valence-electron chi connectivity index (χ4n) is 7.06. The van der Waals surface area contributed by atoms with Gasteiger partial charge in [-0.3, -0.25) is 0 Å². The van der Waals surface area contributed by atoms with E-state index in [0.29, 0.717) is 6.54 Å². The van der Waals surface area contributed by atoms with Gasteiger partial charge in [-0.1, -0.05) is 45.9 Å². The minimum atomic E-state index is 0.704. The summed E-state index contributed by atoms with van der Waals surface area (Å²) < 4.78 is 0. The van der Waals surface area contributed by atoms with Gasteiger partial charge in [0.25, 0.3) is 0 Å². The van der Waals surface area contributed by atoms with Crippen molar-refractivity contribution >= 4 is 30.5 Å². The first-order valence-electron chi connectivity index (χ1n) is 16.1. The van der Waals surface area contributed by atoms with Crippen molar-refractivity contribution < 1.29 is 0 Å². The topological polar surface area (TPSA) is 29.3 Å². The number of nitrogens with zero attached hydrogens (tertiary/aromatic N) is 1. The second-order valence-corrected chi connectivity index (χ2v) is 12.3. The predicted octanol–water partition coefficient (Wildman–Crippen LogP) is 7.52. The number of benzene rings is 3. The van der Waals surface area contributed by atoms with E-state index < -0.39 is 0 Å². The minimum Gasteiger partial charge on any atom is -0.371 e. The fourth-order valence-corrected chi connectivity index (χ4v) is 7.33.